The van der Waals surface area contributed by atoms with Gasteiger partial charge in [0.2, 0.25) is 12.5 Å². The quantitative estimate of drug-likeness (QED) is 0.604. The summed E-state index contributed by atoms with van der Waals surface area (Å²) >= 11 is 6.65. The molecule has 2 aliphatic rings. The molecule has 2 heterocycles. The van der Waals surface area contributed by atoms with Crippen molar-refractivity contribution < 1.29 is 19.0 Å². The van der Waals surface area contributed by atoms with Crippen LogP contribution in [0.1, 0.15) is 5.56 Å². The lowest BCUT2D eigenvalue weighted by molar-refractivity contribution is -0.113. The van der Waals surface area contributed by atoms with Crippen LogP contribution in [0.3, 0.4) is 0 Å². The highest BCUT2D eigenvalue weighted by Crippen LogP contribution is 2.43. The third-order valence-electron chi connectivity index (χ3n) is 3.79. The lowest BCUT2D eigenvalue weighted by atomic mass is 10.1. The monoisotopic (exact) mass is 371 g/mol. The Kier molecular flexibility index (Phi) is 4.10. The van der Waals surface area contributed by atoms with Gasteiger partial charge in [0.25, 0.3) is 5.91 Å². The molecule has 2 aromatic carbocycles. The SMILES string of the molecule is COc1cc(/C=C2/SC(=S)N(c3ccccc3)C2=O)cc2c1OCO2. The van der Waals surface area contributed by atoms with Crippen molar-refractivity contribution in [2.24, 2.45) is 0 Å². The van der Waals surface area contributed by atoms with Crippen LogP contribution in [-0.4, -0.2) is 24.1 Å². The predicted molar refractivity (Wildman–Crippen MR) is 101 cm³/mol. The second kappa shape index (κ2) is 6.42. The molecule has 0 aromatic heterocycles. The van der Waals surface area contributed by atoms with Gasteiger partial charge in [0, 0.05) is 0 Å². The number of anilines is 1. The number of carbonyl (C=O) groups excluding carboxylic acids is 1. The van der Waals surface area contributed by atoms with Gasteiger partial charge in [-0.05, 0) is 35.9 Å². The van der Waals surface area contributed by atoms with Crippen LogP contribution in [0, 0.1) is 0 Å². The first-order valence-corrected chi connectivity index (χ1v) is 8.70. The average molecular weight is 371 g/mol. The summed E-state index contributed by atoms with van der Waals surface area (Å²) in [7, 11) is 1.57. The van der Waals surface area contributed by atoms with Crippen molar-refractivity contribution in [1.29, 1.82) is 0 Å². The number of amides is 1. The zero-order valence-corrected chi connectivity index (χ0v) is 14.9. The molecule has 7 heteroatoms. The van der Waals surface area contributed by atoms with E-state index in [4.69, 9.17) is 26.4 Å². The van der Waals surface area contributed by atoms with E-state index in [1.54, 1.807) is 13.2 Å². The molecule has 0 unspecified atom stereocenters. The van der Waals surface area contributed by atoms with Gasteiger partial charge >= 0.3 is 0 Å². The highest BCUT2D eigenvalue weighted by molar-refractivity contribution is 8.27. The van der Waals surface area contributed by atoms with E-state index in [0.29, 0.717) is 26.5 Å². The fourth-order valence-electron chi connectivity index (χ4n) is 2.65. The van der Waals surface area contributed by atoms with Gasteiger partial charge in [-0.1, -0.05) is 42.2 Å². The van der Waals surface area contributed by atoms with Crippen LogP contribution in [-0.2, 0) is 4.79 Å². The number of hydrogen-bond acceptors (Lipinski definition) is 6. The van der Waals surface area contributed by atoms with E-state index in [9.17, 15) is 4.79 Å². The Morgan fingerprint density at radius 1 is 1.24 bits per heavy atom. The number of carbonyl (C=O) groups is 1. The fourth-order valence-corrected chi connectivity index (χ4v) is 3.95. The first kappa shape index (κ1) is 16.0. The Balaban J connectivity index is 1.69. The van der Waals surface area contributed by atoms with Gasteiger partial charge in [0.1, 0.15) is 0 Å². The summed E-state index contributed by atoms with van der Waals surface area (Å²) in [6.07, 6.45) is 1.78. The van der Waals surface area contributed by atoms with Crippen LogP contribution in [0.15, 0.2) is 47.4 Å². The summed E-state index contributed by atoms with van der Waals surface area (Å²) in [4.78, 5) is 14.9. The summed E-state index contributed by atoms with van der Waals surface area (Å²) in [6, 6.07) is 13.0. The largest absolute Gasteiger partial charge is 0.493 e. The van der Waals surface area contributed by atoms with Gasteiger partial charge in [-0.2, -0.15) is 0 Å². The van der Waals surface area contributed by atoms with Gasteiger partial charge in [-0.15, -0.1) is 0 Å². The first-order valence-electron chi connectivity index (χ1n) is 7.48. The summed E-state index contributed by atoms with van der Waals surface area (Å²) in [5, 5.41) is 0. The van der Waals surface area contributed by atoms with Crippen LogP contribution < -0.4 is 19.1 Å². The molecule has 0 N–H and O–H groups in total. The van der Waals surface area contributed by atoms with Crippen molar-refractivity contribution in [1.82, 2.24) is 0 Å². The number of para-hydroxylation sites is 1. The zero-order valence-electron chi connectivity index (χ0n) is 13.2. The van der Waals surface area contributed by atoms with E-state index in [0.717, 1.165) is 11.3 Å². The minimum Gasteiger partial charge on any atom is -0.493 e. The molecule has 1 amide bonds. The summed E-state index contributed by atoms with van der Waals surface area (Å²) in [5.41, 5.74) is 1.55. The minimum absolute atomic E-state index is 0.141. The highest BCUT2D eigenvalue weighted by atomic mass is 32.2. The van der Waals surface area contributed by atoms with Crippen molar-refractivity contribution in [3.63, 3.8) is 0 Å². The third kappa shape index (κ3) is 2.85. The molecule has 0 radical (unpaired) electrons. The number of hydrogen-bond donors (Lipinski definition) is 0. The molecule has 0 spiro atoms. The molecule has 126 valence electrons. The van der Waals surface area contributed by atoms with Gasteiger partial charge < -0.3 is 14.2 Å². The normalized spacial score (nSPS) is 17.5. The number of rotatable bonds is 3. The molecule has 0 aliphatic carbocycles. The lowest BCUT2D eigenvalue weighted by Gasteiger charge is -2.13. The predicted octanol–water partition coefficient (Wildman–Crippen LogP) is 3.83. The van der Waals surface area contributed by atoms with Crippen molar-refractivity contribution in [2.75, 3.05) is 18.8 Å². The van der Waals surface area contributed by atoms with Crippen LogP contribution >= 0.6 is 24.0 Å². The Morgan fingerprint density at radius 2 is 2.04 bits per heavy atom. The maximum atomic E-state index is 12.8. The summed E-state index contributed by atoms with van der Waals surface area (Å²) in [5.74, 6) is 1.61. The summed E-state index contributed by atoms with van der Waals surface area (Å²) < 4.78 is 16.7. The number of ether oxygens (including phenoxy) is 3. The minimum atomic E-state index is -0.141. The Hall–Kier alpha value is -2.51. The number of benzene rings is 2. The molecular formula is C18H13NO4S2. The maximum absolute atomic E-state index is 12.8. The van der Waals surface area contributed by atoms with Gasteiger partial charge in [-0.3, -0.25) is 9.69 Å². The van der Waals surface area contributed by atoms with Crippen molar-refractivity contribution >= 4 is 46.0 Å². The fraction of sp³-hybridized carbons (Fsp3) is 0.111. The van der Waals surface area contributed by atoms with E-state index >= 15 is 0 Å². The molecule has 1 saturated heterocycles. The average Bonchev–Trinajstić information content (AvgIpc) is 3.20. The summed E-state index contributed by atoms with van der Waals surface area (Å²) in [6.45, 7) is 0.158. The van der Waals surface area contributed by atoms with Gasteiger partial charge in [0.15, 0.2) is 15.8 Å². The molecule has 0 bridgehead atoms. The maximum Gasteiger partial charge on any atom is 0.270 e. The number of methoxy groups -OCH3 is 1. The van der Waals surface area contributed by atoms with E-state index < -0.39 is 0 Å². The first-order chi connectivity index (χ1) is 12.2. The molecule has 25 heavy (non-hydrogen) atoms. The standard InChI is InChI=1S/C18H13NO4S2/c1-21-13-7-11(8-14-16(13)23-10-22-14)9-15-17(20)19(18(24)25-15)12-5-3-2-4-6-12/h2-9H,10H2,1H3/b15-9+. The second-order valence-corrected chi connectivity index (χ2v) is 6.99. The molecule has 0 saturated carbocycles. The van der Waals surface area contributed by atoms with Crippen LogP contribution in [0.2, 0.25) is 0 Å². The smallest absolute Gasteiger partial charge is 0.270 e. The number of thioether (sulfide) groups is 1. The highest BCUT2D eigenvalue weighted by Gasteiger charge is 2.33. The molecular weight excluding hydrogens is 358 g/mol. The van der Waals surface area contributed by atoms with Crippen LogP contribution in [0.25, 0.3) is 6.08 Å². The number of fused-ring (bicyclic) bond motifs is 1. The third-order valence-corrected chi connectivity index (χ3v) is 5.09. The van der Waals surface area contributed by atoms with E-state index in [2.05, 4.69) is 0 Å². The Morgan fingerprint density at radius 3 is 2.80 bits per heavy atom. The van der Waals surface area contributed by atoms with E-state index in [1.807, 2.05) is 42.5 Å². The number of thiocarbonyl (C=S) groups is 1. The number of nitrogens with zero attached hydrogens (tertiary/aromatic N) is 1. The zero-order chi connectivity index (χ0) is 17.4. The molecule has 0 atom stereocenters. The molecule has 4 rings (SSSR count). The molecule has 1 fully saturated rings. The van der Waals surface area contributed by atoms with E-state index in [1.165, 1.54) is 16.7 Å². The van der Waals surface area contributed by atoms with Gasteiger partial charge in [0.05, 0.1) is 17.7 Å². The van der Waals surface area contributed by atoms with Crippen molar-refractivity contribution in [3.05, 3.63) is 52.9 Å². The molecule has 2 aromatic rings. The molecule has 2 aliphatic heterocycles. The van der Waals surface area contributed by atoms with E-state index in [-0.39, 0.29) is 12.7 Å². The van der Waals surface area contributed by atoms with Gasteiger partial charge in [-0.25, -0.2) is 0 Å². The molecule has 5 nitrogen and oxygen atoms in total. The second-order valence-electron chi connectivity index (χ2n) is 5.31. The lowest BCUT2D eigenvalue weighted by Crippen LogP contribution is -2.27. The topological polar surface area (TPSA) is 48.0 Å². The van der Waals surface area contributed by atoms with Crippen LogP contribution in [0.4, 0.5) is 5.69 Å². The Labute approximate surface area is 154 Å². The van der Waals surface area contributed by atoms with Crippen LogP contribution in [0.5, 0.6) is 17.2 Å². The van der Waals surface area contributed by atoms with Crippen molar-refractivity contribution in [2.45, 2.75) is 0 Å². The Bertz CT molecular complexity index is 895. The van der Waals surface area contributed by atoms with Crippen molar-refractivity contribution in [3.8, 4) is 17.2 Å².